The fraction of sp³-hybridized carbons (Fsp3) is 0.353. The Balaban J connectivity index is 2.14. The van der Waals surface area contributed by atoms with Crippen LogP contribution in [0.3, 0.4) is 0 Å². The number of carbonyl (C=O) groups is 1. The first-order valence-electron chi connectivity index (χ1n) is 7.20. The summed E-state index contributed by atoms with van der Waals surface area (Å²) in [5, 5.41) is 6.28. The van der Waals surface area contributed by atoms with Gasteiger partial charge in [-0.25, -0.2) is 0 Å². The van der Waals surface area contributed by atoms with Gasteiger partial charge >= 0.3 is 0 Å². The summed E-state index contributed by atoms with van der Waals surface area (Å²) < 4.78 is 0. The number of aryl methyl sites for hydroxylation is 3. The molecular weight excluding hydrogens is 280 g/mol. The number of amides is 1. The minimum Gasteiger partial charge on any atom is -0.381 e. The summed E-state index contributed by atoms with van der Waals surface area (Å²) >= 11 is 1.82. The van der Waals surface area contributed by atoms with Crippen molar-refractivity contribution in [2.45, 2.75) is 34.2 Å². The van der Waals surface area contributed by atoms with Crippen molar-refractivity contribution in [3.05, 3.63) is 50.7 Å². The third-order valence-corrected chi connectivity index (χ3v) is 4.46. The van der Waals surface area contributed by atoms with Crippen LogP contribution in [-0.2, 0) is 6.54 Å². The molecule has 1 aromatic heterocycles. The Labute approximate surface area is 130 Å². The van der Waals surface area contributed by atoms with Crippen LogP contribution < -0.4 is 10.6 Å². The molecule has 21 heavy (non-hydrogen) atoms. The minimum atomic E-state index is -0.0249. The second-order valence-corrected chi connectivity index (χ2v) is 6.64. The van der Waals surface area contributed by atoms with Gasteiger partial charge in [-0.1, -0.05) is 6.07 Å². The van der Waals surface area contributed by atoms with Gasteiger partial charge in [-0.15, -0.1) is 11.3 Å². The van der Waals surface area contributed by atoms with Crippen LogP contribution in [-0.4, -0.2) is 12.5 Å². The van der Waals surface area contributed by atoms with Gasteiger partial charge in [0, 0.05) is 34.1 Å². The third-order valence-electron chi connectivity index (χ3n) is 3.45. The Morgan fingerprint density at radius 1 is 1.19 bits per heavy atom. The average Bonchev–Trinajstić information content (AvgIpc) is 2.76. The summed E-state index contributed by atoms with van der Waals surface area (Å²) in [7, 11) is 0. The van der Waals surface area contributed by atoms with Crippen molar-refractivity contribution in [1.82, 2.24) is 5.32 Å². The smallest absolute Gasteiger partial charge is 0.251 e. The first-order chi connectivity index (χ1) is 10.0. The monoisotopic (exact) mass is 302 g/mol. The van der Waals surface area contributed by atoms with Gasteiger partial charge in [0.05, 0.1) is 0 Å². The topological polar surface area (TPSA) is 41.1 Å². The van der Waals surface area contributed by atoms with Crippen LogP contribution in [0.5, 0.6) is 0 Å². The van der Waals surface area contributed by atoms with Crippen LogP contribution in [0.15, 0.2) is 24.3 Å². The van der Waals surface area contributed by atoms with Gasteiger partial charge in [0.1, 0.15) is 0 Å². The summed E-state index contributed by atoms with van der Waals surface area (Å²) in [6.45, 7) is 9.68. The second kappa shape index (κ2) is 6.76. The summed E-state index contributed by atoms with van der Waals surface area (Å²) in [5.74, 6) is -0.0249. The van der Waals surface area contributed by atoms with Crippen molar-refractivity contribution < 1.29 is 4.79 Å². The molecule has 0 saturated heterocycles. The van der Waals surface area contributed by atoms with Gasteiger partial charge in [-0.05, 0) is 57.0 Å². The van der Waals surface area contributed by atoms with Crippen molar-refractivity contribution >= 4 is 22.9 Å². The largest absolute Gasteiger partial charge is 0.381 e. The zero-order valence-corrected chi connectivity index (χ0v) is 13.9. The summed E-state index contributed by atoms with van der Waals surface area (Å²) in [5.41, 5.74) is 4.18. The summed E-state index contributed by atoms with van der Waals surface area (Å²) in [4.78, 5) is 14.6. The van der Waals surface area contributed by atoms with E-state index in [1.807, 2.05) is 36.5 Å². The van der Waals surface area contributed by atoms with Gasteiger partial charge in [-0.3, -0.25) is 4.79 Å². The molecule has 2 rings (SSSR count). The maximum Gasteiger partial charge on any atom is 0.251 e. The second-order valence-electron chi connectivity index (χ2n) is 5.18. The molecule has 112 valence electrons. The molecule has 0 bridgehead atoms. The number of anilines is 1. The maximum atomic E-state index is 11.9. The predicted molar refractivity (Wildman–Crippen MR) is 90.3 cm³/mol. The molecule has 0 spiro atoms. The Morgan fingerprint density at radius 2 is 1.95 bits per heavy atom. The van der Waals surface area contributed by atoms with Crippen molar-refractivity contribution in [2.24, 2.45) is 0 Å². The Morgan fingerprint density at radius 3 is 2.57 bits per heavy atom. The maximum absolute atomic E-state index is 11.9. The zero-order valence-electron chi connectivity index (χ0n) is 13.0. The van der Waals surface area contributed by atoms with Crippen LogP contribution in [0, 0.1) is 20.8 Å². The number of hydrogen-bond acceptors (Lipinski definition) is 3. The lowest BCUT2D eigenvalue weighted by Crippen LogP contribution is -2.22. The predicted octanol–water partition coefficient (Wildman–Crippen LogP) is 4.04. The van der Waals surface area contributed by atoms with Crippen LogP contribution in [0.25, 0.3) is 0 Å². The van der Waals surface area contributed by atoms with Crippen LogP contribution in [0.1, 0.15) is 38.2 Å². The molecule has 0 saturated carbocycles. The Kier molecular flexibility index (Phi) is 5.02. The van der Waals surface area contributed by atoms with E-state index in [-0.39, 0.29) is 5.91 Å². The molecule has 0 aliphatic carbocycles. The quantitative estimate of drug-likeness (QED) is 0.875. The Hall–Kier alpha value is -1.81. The van der Waals surface area contributed by atoms with Gasteiger partial charge in [-0.2, -0.15) is 0 Å². The SMILES string of the molecule is CCNC(=O)c1ccc(C)c(NCc2cc(C)sc2C)c1. The lowest BCUT2D eigenvalue weighted by molar-refractivity contribution is 0.0956. The lowest BCUT2D eigenvalue weighted by atomic mass is 10.1. The van der Waals surface area contributed by atoms with Crippen LogP contribution in [0.4, 0.5) is 5.69 Å². The van der Waals surface area contributed by atoms with Crippen molar-refractivity contribution in [3.63, 3.8) is 0 Å². The molecule has 2 N–H and O–H groups in total. The number of rotatable bonds is 5. The molecule has 0 aliphatic rings. The van der Waals surface area contributed by atoms with E-state index in [0.717, 1.165) is 17.8 Å². The fourth-order valence-corrected chi connectivity index (χ4v) is 3.21. The van der Waals surface area contributed by atoms with E-state index in [2.05, 4.69) is 37.5 Å². The van der Waals surface area contributed by atoms with Crippen LogP contribution >= 0.6 is 11.3 Å². The average molecular weight is 302 g/mol. The van der Waals surface area contributed by atoms with Crippen molar-refractivity contribution in [1.29, 1.82) is 0 Å². The molecule has 4 heteroatoms. The van der Waals surface area contributed by atoms with Crippen molar-refractivity contribution in [3.8, 4) is 0 Å². The number of nitrogens with one attached hydrogen (secondary N) is 2. The molecule has 1 aromatic carbocycles. The molecule has 3 nitrogen and oxygen atoms in total. The molecule has 0 aliphatic heterocycles. The third kappa shape index (κ3) is 3.85. The highest BCUT2D eigenvalue weighted by atomic mass is 32.1. The highest BCUT2D eigenvalue weighted by molar-refractivity contribution is 7.12. The first-order valence-corrected chi connectivity index (χ1v) is 8.01. The molecule has 2 aromatic rings. The van der Waals surface area contributed by atoms with E-state index < -0.39 is 0 Å². The van der Waals surface area contributed by atoms with E-state index in [9.17, 15) is 4.79 Å². The lowest BCUT2D eigenvalue weighted by Gasteiger charge is -2.11. The highest BCUT2D eigenvalue weighted by Gasteiger charge is 2.08. The van der Waals surface area contributed by atoms with E-state index in [0.29, 0.717) is 12.1 Å². The minimum absolute atomic E-state index is 0.0249. The normalized spacial score (nSPS) is 10.5. The highest BCUT2D eigenvalue weighted by Crippen LogP contribution is 2.23. The van der Waals surface area contributed by atoms with E-state index in [1.54, 1.807) is 0 Å². The van der Waals surface area contributed by atoms with Gasteiger partial charge in [0.15, 0.2) is 0 Å². The van der Waals surface area contributed by atoms with E-state index in [4.69, 9.17) is 0 Å². The number of carbonyl (C=O) groups excluding carboxylic acids is 1. The number of hydrogen-bond donors (Lipinski definition) is 2. The molecule has 1 amide bonds. The fourth-order valence-electron chi connectivity index (χ4n) is 2.27. The van der Waals surface area contributed by atoms with Crippen molar-refractivity contribution in [2.75, 3.05) is 11.9 Å². The molecule has 1 heterocycles. The molecule has 0 unspecified atom stereocenters. The first kappa shape index (κ1) is 15.6. The molecule has 0 radical (unpaired) electrons. The summed E-state index contributed by atoms with van der Waals surface area (Å²) in [6, 6.07) is 8.00. The van der Waals surface area contributed by atoms with Crippen LogP contribution in [0.2, 0.25) is 0 Å². The number of thiophene rings is 1. The van der Waals surface area contributed by atoms with Gasteiger partial charge in [0.2, 0.25) is 0 Å². The zero-order chi connectivity index (χ0) is 15.4. The summed E-state index contributed by atoms with van der Waals surface area (Å²) in [6.07, 6.45) is 0. The molecule has 0 atom stereocenters. The number of benzene rings is 1. The Bertz CT molecular complexity index is 646. The molecular formula is C17H22N2OS. The van der Waals surface area contributed by atoms with Gasteiger partial charge < -0.3 is 10.6 Å². The van der Waals surface area contributed by atoms with E-state index >= 15 is 0 Å². The van der Waals surface area contributed by atoms with Gasteiger partial charge in [0.25, 0.3) is 5.91 Å². The standard InChI is InChI=1S/C17H22N2OS/c1-5-18-17(20)14-7-6-11(2)16(9-14)19-10-15-8-12(3)21-13(15)4/h6-9,19H,5,10H2,1-4H3,(H,18,20). The van der Waals surface area contributed by atoms with E-state index in [1.165, 1.54) is 15.3 Å². The molecule has 0 fully saturated rings.